The van der Waals surface area contributed by atoms with Crippen LogP contribution in [0.25, 0.3) is 11.4 Å². The Morgan fingerprint density at radius 3 is 2.55 bits per heavy atom. The summed E-state index contributed by atoms with van der Waals surface area (Å²) < 4.78 is 10.2. The van der Waals surface area contributed by atoms with Gasteiger partial charge in [0, 0.05) is 0 Å². The number of phenolic OH excluding ortho intramolecular Hbond substituents is 1. The average molecular weight is 277 g/mol. The van der Waals surface area contributed by atoms with E-state index in [9.17, 15) is 5.11 Å². The van der Waals surface area contributed by atoms with Crippen LogP contribution in [0.3, 0.4) is 0 Å². The molecule has 0 amide bonds. The van der Waals surface area contributed by atoms with E-state index in [4.69, 9.17) is 15.0 Å². The van der Waals surface area contributed by atoms with E-state index in [0.717, 1.165) is 5.56 Å². The summed E-state index contributed by atoms with van der Waals surface area (Å²) in [5, 5.41) is 14.1. The molecule has 0 saturated carbocycles. The van der Waals surface area contributed by atoms with Gasteiger partial charge in [-0.2, -0.15) is 4.98 Å². The van der Waals surface area contributed by atoms with Gasteiger partial charge in [-0.15, -0.1) is 0 Å². The Hall–Kier alpha value is -2.08. The molecule has 0 radical (unpaired) electrons. The standard InChI is InChI=1S/C14H19N3O3/c1-14(2,3)8-5-9(12(18)10(6-8)19-4)13-16-11(7-15)20-17-13/h5-6,18H,7,15H2,1-4H3. The molecule has 2 aromatic rings. The highest BCUT2D eigenvalue weighted by Gasteiger charge is 2.22. The predicted molar refractivity (Wildman–Crippen MR) is 74.5 cm³/mol. The van der Waals surface area contributed by atoms with E-state index >= 15 is 0 Å². The lowest BCUT2D eigenvalue weighted by Gasteiger charge is -2.21. The molecule has 0 atom stereocenters. The number of methoxy groups -OCH3 is 1. The van der Waals surface area contributed by atoms with Crippen LogP contribution in [0, 0.1) is 0 Å². The monoisotopic (exact) mass is 277 g/mol. The second-order valence-corrected chi connectivity index (χ2v) is 5.54. The van der Waals surface area contributed by atoms with Crippen molar-refractivity contribution in [1.82, 2.24) is 10.1 Å². The lowest BCUT2D eigenvalue weighted by molar-refractivity contribution is 0.370. The summed E-state index contributed by atoms with van der Waals surface area (Å²) in [6.07, 6.45) is 0. The van der Waals surface area contributed by atoms with Crippen molar-refractivity contribution in [3.63, 3.8) is 0 Å². The maximum Gasteiger partial charge on any atom is 0.240 e. The number of hydrogen-bond donors (Lipinski definition) is 2. The van der Waals surface area contributed by atoms with E-state index in [2.05, 4.69) is 30.9 Å². The summed E-state index contributed by atoms with van der Waals surface area (Å²) in [5.41, 5.74) is 6.82. The molecule has 0 saturated heterocycles. The number of phenols is 1. The number of benzene rings is 1. The molecular weight excluding hydrogens is 258 g/mol. The highest BCUT2D eigenvalue weighted by atomic mass is 16.5. The molecule has 0 spiro atoms. The fourth-order valence-corrected chi connectivity index (χ4v) is 1.81. The normalized spacial score (nSPS) is 11.7. The zero-order valence-corrected chi connectivity index (χ0v) is 12.1. The zero-order valence-electron chi connectivity index (χ0n) is 12.1. The van der Waals surface area contributed by atoms with Gasteiger partial charge in [0.25, 0.3) is 0 Å². The third-order valence-electron chi connectivity index (χ3n) is 3.04. The molecule has 1 aromatic carbocycles. The zero-order chi connectivity index (χ0) is 14.9. The van der Waals surface area contributed by atoms with Gasteiger partial charge in [0.05, 0.1) is 19.2 Å². The third kappa shape index (κ3) is 2.60. The Kier molecular flexibility index (Phi) is 3.67. The minimum absolute atomic E-state index is 0.00938. The van der Waals surface area contributed by atoms with Crippen molar-refractivity contribution >= 4 is 0 Å². The van der Waals surface area contributed by atoms with Gasteiger partial charge in [0.15, 0.2) is 11.5 Å². The average Bonchev–Trinajstić information content (AvgIpc) is 2.86. The fraction of sp³-hybridized carbons (Fsp3) is 0.429. The van der Waals surface area contributed by atoms with Gasteiger partial charge < -0.3 is 20.1 Å². The van der Waals surface area contributed by atoms with Crippen LogP contribution < -0.4 is 10.5 Å². The van der Waals surface area contributed by atoms with Crippen LogP contribution in [0.4, 0.5) is 0 Å². The highest BCUT2D eigenvalue weighted by Crippen LogP contribution is 2.40. The number of nitrogens with two attached hydrogens (primary N) is 1. The number of rotatable bonds is 3. The smallest absolute Gasteiger partial charge is 0.240 e. The fourth-order valence-electron chi connectivity index (χ4n) is 1.81. The summed E-state index contributed by atoms with van der Waals surface area (Å²) in [6, 6.07) is 3.64. The molecule has 0 aliphatic carbocycles. The van der Waals surface area contributed by atoms with Gasteiger partial charge in [0.1, 0.15) is 0 Å². The van der Waals surface area contributed by atoms with Gasteiger partial charge in [-0.3, -0.25) is 0 Å². The molecule has 2 rings (SSSR count). The molecule has 108 valence electrons. The van der Waals surface area contributed by atoms with Crippen molar-refractivity contribution in [3.8, 4) is 22.9 Å². The molecule has 0 aliphatic rings. The lowest BCUT2D eigenvalue weighted by atomic mass is 9.85. The first-order chi connectivity index (χ1) is 9.36. The predicted octanol–water partition coefficient (Wildman–Crippen LogP) is 2.21. The maximum absolute atomic E-state index is 10.2. The summed E-state index contributed by atoms with van der Waals surface area (Å²) in [6.45, 7) is 6.38. The van der Waals surface area contributed by atoms with E-state index in [0.29, 0.717) is 23.0 Å². The van der Waals surface area contributed by atoms with E-state index in [1.165, 1.54) is 7.11 Å². The molecule has 0 aliphatic heterocycles. The third-order valence-corrected chi connectivity index (χ3v) is 3.04. The second-order valence-electron chi connectivity index (χ2n) is 5.54. The summed E-state index contributed by atoms with van der Waals surface area (Å²) in [5.74, 6) is 0.989. The highest BCUT2D eigenvalue weighted by molar-refractivity contribution is 5.69. The SMILES string of the molecule is COc1cc(C(C)(C)C)cc(-c2noc(CN)n2)c1O. The lowest BCUT2D eigenvalue weighted by Crippen LogP contribution is -2.11. The molecule has 20 heavy (non-hydrogen) atoms. The van der Waals surface area contributed by atoms with Crippen molar-refractivity contribution < 1.29 is 14.4 Å². The molecule has 1 aromatic heterocycles. The Balaban J connectivity index is 2.61. The minimum atomic E-state index is -0.101. The minimum Gasteiger partial charge on any atom is -0.504 e. The van der Waals surface area contributed by atoms with Crippen molar-refractivity contribution in [2.24, 2.45) is 5.73 Å². The van der Waals surface area contributed by atoms with Crippen LogP contribution in [0.2, 0.25) is 0 Å². The van der Waals surface area contributed by atoms with Crippen molar-refractivity contribution in [3.05, 3.63) is 23.6 Å². The Bertz CT molecular complexity index is 615. The molecule has 6 nitrogen and oxygen atoms in total. The molecule has 6 heteroatoms. The Morgan fingerprint density at radius 2 is 2.05 bits per heavy atom. The Morgan fingerprint density at radius 1 is 1.35 bits per heavy atom. The van der Waals surface area contributed by atoms with Crippen LogP contribution in [-0.2, 0) is 12.0 Å². The molecule has 3 N–H and O–H groups in total. The quantitative estimate of drug-likeness (QED) is 0.893. The summed E-state index contributed by atoms with van der Waals surface area (Å²) in [4.78, 5) is 4.14. The van der Waals surface area contributed by atoms with E-state index in [-0.39, 0.29) is 17.7 Å². The molecule has 0 bridgehead atoms. The van der Waals surface area contributed by atoms with Crippen LogP contribution in [0.5, 0.6) is 11.5 Å². The number of nitrogens with zero attached hydrogens (tertiary/aromatic N) is 2. The number of aromatic nitrogens is 2. The van der Waals surface area contributed by atoms with Crippen molar-refractivity contribution in [2.75, 3.05) is 7.11 Å². The van der Waals surface area contributed by atoms with E-state index < -0.39 is 0 Å². The number of hydrogen-bond acceptors (Lipinski definition) is 6. The number of ether oxygens (including phenoxy) is 1. The van der Waals surface area contributed by atoms with Gasteiger partial charge in [-0.25, -0.2) is 0 Å². The Labute approximate surface area is 117 Å². The van der Waals surface area contributed by atoms with Crippen LogP contribution in [0.1, 0.15) is 32.2 Å². The first kappa shape index (κ1) is 14.3. The van der Waals surface area contributed by atoms with Crippen LogP contribution >= 0.6 is 0 Å². The van der Waals surface area contributed by atoms with Crippen LogP contribution in [-0.4, -0.2) is 22.4 Å². The second kappa shape index (κ2) is 5.13. The number of aromatic hydroxyl groups is 1. The van der Waals surface area contributed by atoms with Gasteiger partial charge in [-0.1, -0.05) is 25.9 Å². The van der Waals surface area contributed by atoms with Gasteiger partial charge in [-0.05, 0) is 23.1 Å². The van der Waals surface area contributed by atoms with Crippen molar-refractivity contribution in [1.29, 1.82) is 0 Å². The first-order valence-electron chi connectivity index (χ1n) is 6.31. The molecule has 0 unspecified atom stereocenters. The topological polar surface area (TPSA) is 94.4 Å². The summed E-state index contributed by atoms with van der Waals surface area (Å²) in [7, 11) is 1.51. The molecule has 1 heterocycles. The van der Waals surface area contributed by atoms with Crippen molar-refractivity contribution in [2.45, 2.75) is 32.7 Å². The summed E-state index contributed by atoms with van der Waals surface area (Å²) >= 11 is 0. The van der Waals surface area contributed by atoms with E-state index in [1.54, 1.807) is 0 Å². The molecule has 0 fully saturated rings. The van der Waals surface area contributed by atoms with Crippen LogP contribution in [0.15, 0.2) is 16.7 Å². The largest absolute Gasteiger partial charge is 0.504 e. The molecular formula is C14H19N3O3. The maximum atomic E-state index is 10.2. The first-order valence-corrected chi connectivity index (χ1v) is 6.31. The van der Waals surface area contributed by atoms with Gasteiger partial charge in [0.2, 0.25) is 11.7 Å². The van der Waals surface area contributed by atoms with Gasteiger partial charge >= 0.3 is 0 Å². The van der Waals surface area contributed by atoms with E-state index in [1.807, 2.05) is 12.1 Å².